The molecule has 0 saturated heterocycles. The van der Waals surface area contributed by atoms with Crippen LogP contribution in [0.1, 0.15) is 32.8 Å². The molecule has 0 amide bonds. The molecule has 1 rings (SSSR count). The lowest BCUT2D eigenvalue weighted by Gasteiger charge is -2.29. The first-order valence-corrected chi connectivity index (χ1v) is 5.92. The van der Waals surface area contributed by atoms with Gasteiger partial charge in [-0.15, -0.1) is 6.58 Å². The van der Waals surface area contributed by atoms with Crippen LogP contribution < -0.4 is 0 Å². The van der Waals surface area contributed by atoms with Gasteiger partial charge < -0.3 is 9.84 Å². The molecule has 0 fully saturated rings. The van der Waals surface area contributed by atoms with Gasteiger partial charge in [-0.25, -0.2) is 4.79 Å². The number of aliphatic hydroxyl groups is 1. The fourth-order valence-electron chi connectivity index (χ4n) is 1.60. The van der Waals surface area contributed by atoms with Crippen molar-refractivity contribution in [1.29, 1.82) is 0 Å². The molecule has 1 aromatic rings. The van der Waals surface area contributed by atoms with Gasteiger partial charge in [-0.05, 0) is 26.3 Å². The predicted octanol–water partition coefficient (Wildman–Crippen LogP) is 2.79. The minimum atomic E-state index is -1.67. The van der Waals surface area contributed by atoms with Crippen LogP contribution in [0.5, 0.6) is 0 Å². The largest absolute Gasteiger partial charge is 0.458 e. The van der Waals surface area contributed by atoms with E-state index in [9.17, 15) is 9.90 Å². The van der Waals surface area contributed by atoms with E-state index in [2.05, 4.69) is 6.58 Å². The zero-order chi connectivity index (χ0) is 13.8. The Kier molecular flexibility index (Phi) is 4.30. The smallest absolute Gasteiger partial charge is 0.343 e. The lowest BCUT2D eigenvalue weighted by molar-refractivity contribution is -0.178. The van der Waals surface area contributed by atoms with E-state index in [0.29, 0.717) is 5.56 Å². The van der Waals surface area contributed by atoms with Crippen molar-refractivity contribution in [1.82, 2.24) is 0 Å². The van der Waals surface area contributed by atoms with Crippen molar-refractivity contribution in [3.05, 3.63) is 48.6 Å². The summed E-state index contributed by atoms with van der Waals surface area (Å²) in [4.78, 5) is 12.2. The molecule has 0 aliphatic rings. The van der Waals surface area contributed by atoms with Crippen molar-refractivity contribution >= 4 is 5.97 Å². The van der Waals surface area contributed by atoms with Crippen LogP contribution in [-0.4, -0.2) is 16.7 Å². The Morgan fingerprint density at radius 1 is 1.33 bits per heavy atom. The molecule has 0 bridgehead atoms. The number of rotatable bonds is 4. The van der Waals surface area contributed by atoms with Crippen molar-refractivity contribution in [3.8, 4) is 0 Å². The SMILES string of the molecule is C=CCC(O)(C(=O)OC(C)(C)C)c1ccccc1. The fraction of sp³-hybridized carbons (Fsp3) is 0.400. The number of benzene rings is 1. The highest BCUT2D eigenvalue weighted by Crippen LogP contribution is 2.28. The topological polar surface area (TPSA) is 46.5 Å². The molecule has 0 heterocycles. The molecule has 0 radical (unpaired) electrons. The molecule has 1 aromatic carbocycles. The third kappa shape index (κ3) is 3.44. The van der Waals surface area contributed by atoms with E-state index in [1.807, 2.05) is 6.07 Å². The average Bonchev–Trinajstić information content (AvgIpc) is 2.28. The van der Waals surface area contributed by atoms with E-state index >= 15 is 0 Å². The quantitative estimate of drug-likeness (QED) is 0.658. The molecular formula is C15H20O3. The molecule has 0 aromatic heterocycles. The van der Waals surface area contributed by atoms with E-state index in [1.54, 1.807) is 45.0 Å². The zero-order valence-electron chi connectivity index (χ0n) is 11.1. The maximum atomic E-state index is 12.2. The Morgan fingerprint density at radius 2 is 1.89 bits per heavy atom. The fourth-order valence-corrected chi connectivity index (χ4v) is 1.60. The van der Waals surface area contributed by atoms with Crippen molar-refractivity contribution < 1.29 is 14.6 Å². The Bertz CT molecular complexity index is 417. The van der Waals surface area contributed by atoms with E-state index in [1.165, 1.54) is 6.08 Å². The lowest BCUT2D eigenvalue weighted by Crippen LogP contribution is -2.40. The lowest BCUT2D eigenvalue weighted by atomic mass is 9.90. The minimum absolute atomic E-state index is 0.117. The Morgan fingerprint density at radius 3 is 2.33 bits per heavy atom. The van der Waals surface area contributed by atoms with Gasteiger partial charge in [0, 0.05) is 6.42 Å². The second kappa shape index (κ2) is 5.36. The third-order valence-corrected chi connectivity index (χ3v) is 2.43. The first-order chi connectivity index (χ1) is 8.29. The number of hydrogen-bond acceptors (Lipinski definition) is 3. The summed E-state index contributed by atoms with van der Waals surface area (Å²) in [5.74, 6) is -0.652. The van der Waals surface area contributed by atoms with E-state index in [4.69, 9.17) is 4.74 Å². The van der Waals surface area contributed by atoms with Crippen molar-refractivity contribution in [2.45, 2.75) is 38.4 Å². The predicted molar refractivity (Wildman–Crippen MR) is 71.0 cm³/mol. The number of esters is 1. The van der Waals surface area contributed by atoms with E-state index < -0.39 is 17.2 Å². The van der Waals surface area contributed by atoms with Gasteiger partial charge in [0.2, 0.25) is 0 Å². The van der Waals surface area contributed by atoms with Gasteiger partial charge in [-0.3, -0.25) is 0 Å². The van der Waals surface area contributed by atoms with Gasteiger partial charge in [-0.2, -0.15) is 0 Å². The Hall–Kier alpha value is -1.61. The molecular weight excluding hydrogens is 228 g/mol. The average molecular weight is 248 g/mol. The molecule has 0 aliphatic carbocycles. The van der Waals surface area contributed by atoms with Gasteiger partial charge in [0.05, 0.1) is 0 Å². The van der Waals surface area contributed by atoms with Crippen LogP contribution in [0.3, 0.4) is 0 Å². The number of hydrogen-bond donors (Lipinski definition) is 1. The first kappa shape index (κ1) is 14.5. The molecule has 0 saturated carbocycles. The zero-order valence-corrected chi connectivity index (χ0v) is 11.1. The van der Waals surface area contributed by atoms with E-state index in [-0.39, 0.29) is 6.42 Å². The summed E-state index contributed by atoms with van der Waals surface area (Å²) in [5, 5.41) is 10.6. The van der Waals surface area contributed by atoms with Gasteiger partial charge in [0.25, 0.3) is 0 Å². The van der Waals surface area contributed by atoms with Gasteiger partial charge >= 0.3 is 5.97 Å². The summed E-state index contributed by atoms with van der Waals surface area (Å²) in [6.07, 6.45) is 1.63. The molecule has 0 aliphatic heterocycles. The maximum absolute atomic E-state index is 12.2. The van der Waals surface area contributed by atoms with Crippen LogP contribution in [0, 0.1) is 0 Å². The normalized spacial score (nSPS) is 14.7. The van der Waals surface area contributed by atoms with Crippen LogP contribution in [0.15, 0.2) is 43.0 Å². The summed E-state index contributed by atoms with van der Waals surface area (Å²) in [6, 6.07) is 8.77. The number of carbonyl (C=O) groups is 1. The highest BCUT2D eigenvalue weighted by Gasteiger charge is 2.40. The van der Waals surface area contributed by atoms with Crippen LogP contribution in [0.25, 0.3) is 0 Å². The molecule has 1 N–H and O–H groups in total. The molecule has 3 nitrogen and oxygen atoms in total. The van der Waals surface area contributed by atoms with Gasteiger partial charge in [0.15, 0.2) is 5.60 Å². The third-order valence-electron chi connectivity index (χ3n) is 2.43. The highest BCUT2D eigenvalue weighted by atomic mass is 16.6. The highest BCUT2D eigenvalue weighted by molar-refractivity contribution is 5.81. The van der Waals surface area contributed by atoms with Crippen LogP contribution in [0.4, 0.5) is 0 Å². The first-order valence-electron chi connectivity index (χ1n) is 5.92. The summed E-state index contributed by atoms with van der Waals surface area (Å²) < 4.78 is 5.27. The number of carbonyl (C=O) groups excluding carboxylic acids is 1. The van der Waals surface area contributed by atoms with Gasteiger partial charge in [-0.1, -0.05) is 36.4 Å². The standard InChI is InChI=1S/C15H20O3/c1-5-11-15(17,12-9-7-6-8-10-12)13(16)18-14(2,3)4/h5-10,17H,1,11H2,2-4H3. The van der Waals surface area contributed by atoms with Crippen LogP contribution in [-0.2, 0) is 15.1 Å². The van der Waals surface area contributed by atoms with Crippen LogP contribution >= 0.6 is 0 Å². The molecule has 0 spiro atoms. The Balaban J connectivity index is 3.08. The van der Waals surface area contributed by atoms with Crippen molar-refractivity contribution in [2.24, 2.45) is 0 Å². The molecule has 18 heavy (non-hydrogen) atoms. The second-order valence-electron chi connectivity index (χ2n) is 5.22. The maximum Gasteiger partial charge on any atom is 0.343 e. The van der Waals surface area contributed by atoms with Gasteiger partial charge in [0.1, 0.15) is 5.60 Å². The summed E-state index contributed by atoms with van der Waals surface area (Å²) in [5.41, 5.74) is -1.80. The molecule has 1 atom stereocenters. The summed E-state index contributed by atoms with van der Waals surface area (Å²) >= 11 is 0. The minimum Gasteiger partial charge on any atom is -0.458 e. The Labute approximate surface area is 108 Å². The summed E-state index contributed by atoms with van der Waals surface area (Å²) in [7, 11) is 0. The second-order valence-corrected chi connectivity index (χ2v) is 5.22. The molecule has 98 valence electrons. The summed E-state index contributed by atoms with van der Waals surface area (Å²) in [6.45, 7) is 8.89. The molecule has 3 heteroatoms. The van der Waals surface area contributed by atoms with E-state index in [0.717, 1.165) is 0 Å². The monoisotopic (exact) mass is 248 g/mol. The van der Waals surface area contributed by atoms with Crippen molar-refractivity contribution in [2.75, 3.05) is 0 Å². The number of ether oxygens (including phenoxy) is 1. The van der Waals surface area contributed by atoms with Crippen LogP contribution in [0.2, 0.25) is 0 Å². The van der Waals surface area contributed by atoms with Crippen molar-refractivity contribution in [3.63, 3.8) is 0 Å². The molecule has 1 unspecified atom stereocenters.